The Balaban J connectivity index is 1.71. The summed E-state index contributed by atoms with van der Waals surface area (Å²) in [6.45, 7) is 3.90. The van der Waals surface area contributed by atoms with E-state index in [4.69, 9.17) is 18.9 Å². The number of aryl methyl sites for hydroxylation is 1. The number of aromatic nitrogens is 1. The lowest BCUT2D eigenvalue weighted by molar-refractivity contribution is -0.147. The summed E-state index contributed by atoms with van der Waals surface area (Å²) in [7, 11) is 1.30. The van der Waals surface area contributed by atoms with E-state index < -0.39 is 11.9 Å². The summed E-state index contributed by atoms with van der Waals surface area (Å²) >= 11 is 0. The minimum atomic E-state index is -0.589. The number of ether oxygens (including phenoxy) is 4. The monoisotopic (exact) mass is 423 g/mol. The quantitative estimate of drug-likeness (QED) is 0.476. The van der Waals surface area contributed by atoms with E-state index in [2.05, 4.69) is 4.98 Å². The average Bonchev–Trinajstić information content (AvgIpc) is 2.80. The highest BCUT2D eigenvalue weighted by atomic mass is 16.6. The third kappa shape index (κ3) is 5.31. The molecule has 0 aliphatic rings. The summed E-state index contributed by atoms with van der Waals surface area (Å²) in [4.78, 5) is 29.1. The Morgan fingerprint density at radius 1 is 0.968 bits per heavy atom. The van der Waals surface area contributed by atoms with E-state index in [1.807, 2.05) is 44.2 Å². The zero-order chi connectivity index (χ0) is 22.2. The van der Waals surface area contributed by atoms with Gasteiger partial charge in [-0.1, -0.05) is 37.3 Å². The third-order valence-electron chi connectivity index (χ3n) is 4.64. The van der Waals surface area contributed by atoms with E-state index in [0.29, 0.717) is 34.9 Å². The Kier molecular flexibility index (Phi) is 7.43. The number of nitrogens with zero attached hydrogens (tertiary/aromatic N) is 1. The van der Waals surface area contributed by atoms with Gasteiger partial charge in [-0.3, -0.25) is 0 Å². The van der Waals surface area contributed by atoms with Gasteiger partial charge >= 0.3 is 11.9 Å². The van der Waals surface area contributed by atoms with Gasteiger partial charge in [0.1, 0.15) is 6.61 Å². The normalized spacial score (nSPS) is 10.5. The Morgan fingerprint density at radius 2 is 1.65 bits per heavy atom. The number of carbonyl (C=O) groups excluding carboxylic acids is 2. The number of hydrogen-bond donors (Lipinski definition) is 0. The largest absolute Gasteiger partial charge is 0.490 e. The van der Waals surface area contributed by atoms with Crippen molar-refractivity contribution in [1.29, 1.82) is 0 Å². The summed E-state index contributed by atoms with van der Waals surface area (Å²) in [5, 5.41) is 0.838. The molecule has 0 aliphatic carbocycles. The second-order valence-corrected chi connectivity index (χ2v) is 6.81. The molecule has 1 aromatic heterocycles. The van der Waals surface area contributed by atoms with Crippen molar-refractivity contribution in [2.45, 2.75) is 26.9 Å². The number of carbonyl (C=O) groups is 2. The van der Waals surface area contributed by atoms with Crippen molar-refractivity contribution < 1.29 is 28.5 Å². The first-order valence-electron chi connectivity index (χ1n) is 10.0. The van der Waals surface area contributed by atoms with Crippen LogP contribution < -0.4 is 9.47 Å². The Bertz CT molecular complexity index is 1080. The molecule has 0 amide bonds. The van der Waals surface area contributed by atoms with Crippen LogP contribution in [0.5, 0.6) is 11.5 Å². The van der Waals surface area contributed by atoms with Crippen LogP contribution in [-0.4, -0.2) is 37.2 Å². The van der Waals surface area contributed by atoms with E-state index in [1.165, 1.54) is 7.11 Å². The fourth-order valence-electron chi connectivity index (χ4n) is 3.15. The van der Waals surface area contributed by atoms with E-state index in [9.17, 15) is 9.59 Å². The number of rotatable bonds is 9. The van der Waals surface area contributed by atoms with Crippen LogP contribution in [0, 0.1) is 6.92 Å². The molecule has 0 N–H and O–H groups in total. The van der Waals surface area contributed by atoms with E-state index >= 15 is 0 Å². The number of para-hydroxylation sites is 3. The molecule has 1 heterocycles. The van der Waals surface area contributed by atoms with Crippen molar-refractivity contribution in [2.75, 3.05) is 20.3 Å². The summed E-state index contributed by atoms with van der Waals surface area (Å²) in [5.74, 6) is -0.0893. The molecule has 3 rings (SSSR count). The van der Waals surface area contributed by atoms with Crippen LogP contribution in [0.15, 0.2) is 48.5 Å². The summed E-state index contributed by atoms with van der Waals surface area (Å²) in [6.07, 6.45) is 0.858. The SMILES string of the molecule is CCCOc1ccccc1OCC(=O)OCc1nc2ccccc2c(C)c1C(=O)OC. The maximum atomic E-state index is 12.3. The van der Waals surface area contributed by atoms with Gasteiger partial charge in [-0.25, -0.2) is 14.6 Å². The lowest BCUT2D eigenvalue weighted by Gasteiger charge is -2.14. The highest BCUT2D eigenvalue weighted by Gasteiger charge is 2.20. The molecular formula is C24H25NO6. The zero-order valence-electron chi connectivity index (χ0n) is 17.8. The number of methoxy groups -OCH3 is 1. The number of pyridine rings is 1. The first-order valence-corrected chi connectivity index (χ1v) is 10.0. The van der Waals surface area contributed by atoms with Gasteiger partial charge in [-0.05, 0) is 37.1 Å². The molecule has 0 bridgehead atoms. The Labute approximate surface area is 180 Å². The molecule has 0 fully saturated rings. The second kappa shape index (κ2) is 10.4. The smallest absolute Gasteiger partial charge is 0.344 e. The molecule has 162 valence electrons. The van der Waals surface area contributed by atoms with Gasteiger partial charge in [-0.15, -0.1) is 0 Å². The van der Waals surface area contributed by atoms with E-state index in [0.717, 1.165) is 17.4 Å². The number of benzene rings is 2. The van der Waals surface area contributed by atoms with Crippen molar-refractivity contribution in [2.24, 2.45) is 0 Å². The van der Waals surface area contributed by atoms with Crippen LogP contribution in [-0.2, 0) is 20.9 Å². The maximum absolute atomic E-state index is 12.3. The number of fused-ring (bicyclic) bond motifs is 1. The lowest BCUT2D eigenvalue weighted by atomic mass is 10.0. The topological polar surface area (TPSA) is 84.0 Å². The van der Waals surface area contributed by atoms with E-state index in [1.54, 1.807) is 18.2 Å². The van der Waals surface area contributed by atoms with E-state index in [-0.39, 0.29) is 13.2 Å². The molecule has 0 aliphatic heterocycles. The Morgan fingerprint density at radius 3 is 2.35 bits per heavy atom. The molecule has 0 saturated heterocycles. The van der Waals surface area contributed by atoms with Gasteiger partial charge in [0.25, 0.3) is 0 Å². The van der Waals surface area contributed by atoms with Crippen LogP contribution in [0.1, 0.15) is 35.0 Å². The lowest BCUT2D eigenvalue weighted by Crippen LogP contribution is -2.18. The molecule has 7 heteroatoms. The molecule has 0 saturated carbocycles. The molecular weight excluding hydrogens is 398 g/mol. The molecule has 7 nitrogen and oxygen atoms in total. The average molecular weight is 423 g/mol. The van der Waals surface area contributed by atoms with Crippen LogP contribution in [0.25, 0.3) is 10.9 Å². The van der Waals surface area contributed by atoms with Crippen LogP contribution in [0.3, 0.4) is 0 Å². The molecule has 0 radical (unpaired) electrons. The molecule has 3 aromatic rings. The van der Waals surface area contributed by atoms with Crippen LogP contribution >= 0.6 is 0 Å². The van der Waals surface area contributed by atoms with Gasteiger partial charge in [0.05, 0.1) is 30.5 Å². The Hall–Kier alpha value is -3.61. The molecule has 0 spiro atoms. The summed E-state index contributed by atoms with van der Waals surface area (Å²) in [5.41, 5.74) is 2.06. The summed E-state index contributed by atoms with van der Waals surface area (Å²) < 4.78 is 21.4. The highest BCUT2D eigenvalue weighted by Crippen LogP contribution is 2.27. The van der Waals surface area contributed by atoms with Gasteiger partial charge in [-0.2, -0.15) is 0 Å². The van der Waals surface area contributed by atoms with Crippen molar-refractivity contribution in [3.63, 3.8) is 0 Å². The minimum Gasteiger partial charge on any atom is -0.490 e. The van der Waals surface area contributed by atoms with Gasteiger partial charge in [0.15, 0.2) is 18.1 Å². The first kappa shape index (κ1) is 22.1. The molecule has 31 heavy (non-hydrogen) atoms. The molecule has 0 atom stereocenters. The highest BCUT2D eigenvalue weighted by molar-refractivity contribution is 5.98. The molecule has 0 unspecified atom stereocenters. The number of esters is 2. The zero-order valence-corrected chi connectivity index (χ0v) is 17.8. The fraction of sp³-hybridized carbons (Fsp3) is 0.292. The third-order valence-corrected chi connectivity index (χ3v) is 4.64. The van der Waals surface area contributed by atoms with Gasteiger partial charge in [0, 0.05) is 5.39 Å². The molecule has 2 aromatic carbocycles. The van der Waals surface area contributed by atoms with Crippen molar-refractivity contribution in [3.8, 4) is 11.5 Å². The predicted octanol–water partition coefficient (Wildman–Crippen LogP) is 4.24. The standard InChI is InChI=1S/C24H25NO6/c1-4-13-29-20-11-7-8-12-21(20)30-15-22(26)31-14-19-23(24(27)28-3)16(2)17-9-5-6-10-18(17)25-19/h5-12H,4,13-15H2,1-3H3. The summed E-state index contributed by atoms with van der Waals surface area (Å²) in [6, 6.07) is 14.6. The number of hydrogen-bond acceptors (Lipinski definition) is 7. The minimum absolute atomic E-state index is 0.174. The fourth-order valence-corrected chi connectivity index (χ4v) is 3.15. The maximum Gasteiger partial charge on any atom is 0.344 e. The van der Waals surface area contributed by atoms with Gasteiger partial charge < -0.3 is 18.9 Å². The van der Waals surface area contributed by atoms with Crippen molar-refractivity contribution >= 4 is 22.8 Å². The van der Waals surface area contributed by atoms with Crippen molar-refractivity contribution in [3.05, 3.63) is 65.4 Å². The van der Waals surface area contributed by atoms with Gasteiger partial charge in [0.2, 0.25) is 0 Å². The van der Waals surface area contributed by atoms with Crippen LogP contribution in [0.2, 0.25) is 0 Å². The van der Waals surface area contributed by atoms with Crippen LogP contribution in [0.4, 0.5) is 0 Å². The first-order chi connectivity index (χ1) is 15.0. The second-order valence-electron chi connectivity index (χ2n) is 6.81. The van der Waals surface area contributed by atoms with Crippen molar-refractivity contribution in [1.82, 2.24) is 4.98 Å². The predicted molar refractivity (Wildman–Crippen MR) is 115 cm³/mol.